The fourth-order valence-corrected chi connectivity index (χ4v) is 4.53. The van der Waals surface area contributed by atoms with Crippen molar-refractivity contribution < 1.29 is 8.42 Å². The largest absolute Gasteiger partial charge is 0.389 e. The van der Waals surface area contributed by atoms with Gasteiger partial charge in [0.25, 0.3) is 0 Å². The molecular weight excluding hydrogens is 328 g/mol. The number of thiocarbonyl (C=S) groups is 1. The van der Waals surface area contributed by atoms with E-state index < -0.39 is 10.0 Å². The second kappa shape index (κ2) is 7.05. The summed E-state index contributed by atoms with van der Waals surface area (Å²) in [5.74, 6) is 0. The normalized spacial score (nSPS) is 17.4. The van der Waals surface area contributed by atoms with Crippen molar-refractivity contribution in [3.05, 3.63) is 28.8 Å². The maximum absolute atomic E-state index is 12.5. The van der Waals surface area contributed by atoms with Crippen molar-refractivity contribution in [3.8, 4) is 0 Å². The monoisotopic (exact) mass is 346 g/mol. The second-order valence-electron chi connectivity index (χ2n) is 5.32. The van der Waals surface area contributed by atoms with Gasteiger partial charge in [0.1, 0.15) is 9.88 Å². The lowest BCUT2D eigenvalue weighted by molar-refractivity contribution is 0.510. The fourth-order valence-electron chi connectivity index (χ4n) is 2.55. The fraction of sp³-hybridized carbons (Fsp3) is 0.500. The van der Waals surface area contributed by atoms with Crippen LogP contribution in [0, 0.1) is 0 Å². The van der Waals surface area contributed by atoms with Crippen molar-refractivity contribution in [2.24, 2.45) is 5.73 Å². The molecule has 0 aromatic heterocycles. The molecule has 0 aliphatic heterocycles. The minimum absolute atomic E-state index is 0.0103. The van der Waals surface area contributed by atoms with Crippen LogP contribution in [0.3, 0.4) is 0 Å². The Morgan fingerprint density at radius 2 is 1.86 bits per heavy atom. The highest BCUT2D eigenvalue weighted by Gasteiger charge is 2.23. The van der Waals surface area contributed by atoms with Gasteiger partial charge in [-0.25, -0.2) is 13.1 Å². The first kappa shape index (κ1) is 16.7. The summed E-state index contributed by atoms with van der Waals surface area (Å²) in [7, 11) is -3.62. The molecule has 0 unspecified atom stereocenters. The Kier molecular flexibility index (Phi) is 5.60. The van der Waals surface area contributed by atoms with Gasteiger partial charge < -0.3 is 5.73 Å². The van der Waals surface area contributed by atoms with Gasteiger partial charge in [-0.2, -0.15) is 0 Å². The van der Waals surface area contributed by atoms with Crippen LogP contribution in [0.1, 0.15) is 44.1 Å². The van der Waals surface area contributed by atoms with E-state index in [1.54, 1.807) is 6.07 Å². The van der Waals surface area contributed by atoms with E-state index >= 15 is 0 Å². The van der Waals surface area contributed by atoms with Crippen molar-refractivity contribution in [3.63, 3.8) is 0 Å². The van der Waals surface area contributed by atoms with Crippen LogP contribution in [0.15, 0.2) is 23.1 Å². The zero-order valence-electron chi connectivity index (χ0n) is 11.6. The highest BCUT2D eigenvalue weighted by molar-refractivity contribution is 7.89. The van der Waals surface area contributed by atoms with E-state index in [0.29, 0.717) is 5.56 Å². The quantitative estimate of drug-likeness (QED) is 0.649. The molecule has 0 atom stereocenters. The Balaban J connectivity index is 2.20. The first-order valence-corrected chi connectivity index (χ1v) is 9.29. The van der Waals surface area contributed by atoms with Crippen LogP contribution in [0.4, 0.5) is 0 Å². The van der Waals surface area contributed by atoms with Crippen molar-refractivity contribution in [1.82, 2.24) is 4.72 Å². The van der Waals surface area contributed by atoms with Gasteiger partial charge in [-0.05, 0) is 25.0 Å². The molecular formula is C14H19ClN2O2S2. The minimum atomic E-state index is -3.62. The molecule has 116 valence electrons. The molecule has 1 aromatic rings. The number of halogens is 1. The third-order valence-electron chi connectivity index (χ3n) is 3.68. The van der Waals surface area contributed by atoms with Gasteiger partial charge in [-0.1, -0.05) is 55.6 Å². The average Bonchev–Trinajstić information content (AvgIpc) is 2.66. The molecule has 0 radical (unpaired) electrons. The third-order valence-corrected chi connectivity index (χ3v) is 5.92. The molecule has 0 spiro atoms. The van der Waals surface area contributed by atoms with Crippen molar-refractivity contribution >= 4 is 38.8 Å². The van der Waals surface area contributed by atoms with Gasteiger partial charge in [0.15, 0.2) is 0 Å². The van der Waals surface area contributed by atoms with Crippen LogP contribution in [0.2, 0.25) is 5.02 Å². The predicted octanol–water partition coefficient (Wildman–Crippen LogP) is 2.98. The molecule has 1 aliphatic carbocycles. The molecule has 1 saturated carbocycles. The Labute approximate surface area is 136 Å². The van der Waals surface area contributed by atoms with E-state index in [2.05, 4.69) is 4.72 Å². The van der Waals surface area contributed by atoms with E-state index in [1.165, 1.54) is 25.0 Å². The van der Waals surface area contributed by atoms with Gasteiger partial charge in [0.2, 0.25) is 10.0 Å². The summed E-state index contributed by atoms with van der Waals surface area (Å²) in [6.07, 6.45) is 6.20. The number of sulfonamides is 1. The van der Waals surface area contributed by atoms with Crippen LogP contribution in [-0.2, 0) is 10.0 Å². The molecule has 0 amide bonds. The van der Waals surface area contributed by atoms with Crippen LogP contribution < -0.4 is 10.5 Å². The highest BCUT2D eigenvalue weighted by atomic mass is 35.5. The lowest BCUT2D eigenvalue weighted by atomic mass is 10.1. The summed E-state index contributed by atoms with van der Waals surface area (Å²) in [4.78, 5) is 0.269. The van der Waals surface area contributed by atoms with Crippen molar-refractivity contribution in [1.29, 1.82) is 0 Å². The van der Waals surface area contributed by atoms with Crippen molar-refractivity contribution in [2.75, 3.05) is 0 Å². The molecule has 2 rings (SSSR count). The van der Waals surface area contributed by atoms with Crippen LogP contribution >= 0.6 is 23.8 Å². The summed E-state index contributed by atoms with van der Waals surface area (Å²) >= 11 is 10.9. The van der Waals surface area contributed by atoms with E-state index in [0.717, 1.165) is 25.7 Å². The van der Waals surface area contributed by atoms with E-state index in [-0.39, 0.29) is 20.9 Å². The molecule has 3 N–H and O–H groups in total. The first-order valence-electron chi connectivity index (χ1n) is 7.02. The van der Waals surface area contributed by atoms with Crippen LogP contribution in [-0.4, -0.2) is 19.4 Å². The summed E-state index contributed by atoms with van der Waals surface area (Å²) < 4.78 is 27.7. The Hall–Kier alpha value is -0.690. The maximum Gasteiger partial charge on any atom is 0.242 e. The number of nitrogens with one attached hydrogen (secondary N) is 1. The molecule has 0 bridgehead atoms. The van der Waals surface area contributed by atoms with E-state index in [9.17, 15) is 8.42 Å². The Morgan fingerprint density at radius 3 is 2.38 bits per heavy atom. The zero-order chi connectivity index (χ0) is 15.5. The topological polar surface area (TPSA) is 72.2 Å². The highest BCUT2D eigenvalue weighted by Crippen LogP contribution is 2.25. The standard InChI is InChI=1S/C14H19ClN2O2S2/c15-12-9-10(14(16)20)7-8-13(12)21(18,19)17-11-5-3-1-2-4-6-11/h7-9,11,17H,1-6H2,(H2,16,20). The molecule has 0 heterocycles. The Morgan fingerprint density at radius 1 is 1.24 bits per heavy atom. The van der Waals surface area contributed by atoms with Crippen LogP contribution in [0.5, 0.6) is 0 Å². The molecule has 7 heteroatoms. The predicted molar refractivity (Wildman–Crippen MR) is 89.2 cm³/mol. The van der Waals surface area contributed by atoms with Crippen molar-refractivity contribution in [2.45, 2.75) is 49.5 Å². The maximum atomic E-state index is 12.5. The smallest absolute Gasteiger partial charge is 0.242 e. The third kappa shape index (κ3) is 4.39. The number of rotatable bonds is 4. The lowest BCUT2D eigenvalue weighted by Crippen LogP contribution is -2.34. The van der Waals surface area contributed by atoms with Gasteiger partial charge in [0, 0.05) is 11.6 Å². The molecule has 1 fully saturated rings. The van der Waals surface area contributed by atoms with Gasteiger partial charge in [-0.15, -0.1) is 0 Å². The SMILES string of the molecule is NC(=S)c1ccc(S(=O)(=O)NC2CCCCCC2)c(Cl)c1. The van der Waals surface area contributed by atoms with Gasteiger partial charge in [0.05, 0.1) is 5.02 Å². The number of nitrogens with two attached hydrogens (primary N) is 1. The summed E-state index contributed by atoms with van der Waals surface area (Å²) in [6, 6.07) is 4.51. The first-order chi connectivity index (χ1) is 9.90. The summed E-state index contributed by atoms with van der Waals surface area (Å²) in [5.41, 5.74) is 6.07. The van der Waals surface area contributed by atoms with E-state index in [4.69, 9.17) is 29.6 Å². The number of hydrogen-bond acceptors (Lipinski definition) is 3. The minimum Gasteiger partial charge on any atom is -0.389 e. The summed E-state index contributed by atoms with van der Waals surface area (Å²) in [5, 5.41) is 0.140. The second-order valence-corrected chi connectivity index (χ2v) is 7.85. The lowest BCUT2D eigenvalue weighted by Gasteiger charge is -2.17. The Bertz CT molecular complexity index is 624. The molecule has 1 aromatic carbocycles. The molecule has 4 nitrogen and oxygen atoms in total. The number of benzene rings is 1. The molecule has 1 aliphatic rings. The zero-order valence-corrected chi connectivity index (χ0v) is 14.0. The summed E-state index contributed by atoms with van der Waals surface area (Å²) in [6.45, 7) is 0. The molecule has 21 heavy (non-hydrogen) atoms. The number of hydrogen-bond donors (Lipinski definition) is 2. The van der Waals surface area contributed by atoms with E-state index in [1.807, 2.05) is 0 Å². The average molecular weight is 347 g/mol. The van der Waals surface area contributed by atoms with Crippen LogP contribution in [0.25, 0.3) is 0 Å². The van der Waals surface area contributed by atoms with Gasteiger partial charge in [-0.3, -0.25) is 0 Å². The molecule has 0 saturated heterocycles. The van der Waals surface area contributed by atoms with Gasteiger partial charge >= 0.3 is 0 Å².